The fourth-order valence-electron chi connectivity index (χ4n) is 3.13. The lowest BCUT2D eigenvalue weighted by atomic mass is 9.93. The van der Waals surface area contributed by atoms with Crippen LogP contribution in [0.15, 0.2) is 6.20 Å². The van der Waals surface area contributed by atoms with Gasteiger partial charge in [-0.05, 0) is 19.8 Å². The molecular formula is C16H28N4O3. The summed E-state index contributed by atoms with van der Waals surface area (Å²) in [5, 5.41) is 21.4. The third kappa shape index (κ3) is 4.29. The highest BCUT2D eigenvalue weighted by Gasteiger charge is 2.40. The molecule has 0 aliphatic heterocycles. The second-order valence-corrected chi connectivity index (χ2v) is 7.54. The summed E-state index contributed by atoms with van der Waals surface area (Å²) in [5.41, 5.74) is 0.843. The van der Waals surface area contributed by atoms with Crippen molar-refractivity contribution in [3.8, 4) is 0 Å². The van der Waals surface area contributed by atoms with E-state index in [1.165, 1.54) is 0 Å². The van der Waals surface area contributed by atoms with Crippen molar-refractivity contribution in [3.63, 3.8) is 0 Å². The fraction of sp³-hybridized carbons (Fsp3) is 0.812. The van der Waals surface area contributed by atoms with Crippen molar-refractivity contribution < 1.29 is 14.6 Å². The van der Waals surface area contributed by atoms with Crippen LogP contribution in [0.1, 0.15) is 52.3 Å². The average Bonchev–Trinajstić information content (AvgIpc) is 3.04. The molecule has 7 heteroatoms. The maximum Gasteiger partial charge on any atom is 0.306 e. The second kappa shape index (κ2) is 6.97. The van der Waals surface area contributed by atoms with Crippen LogP contribution in [-0.4, -0.2) is 51.9 Å². The standard InChI is InChI=1S/C16H28N4O3/c1-10(9-23-5)17-12-6-11(15(21)22)7-13(12)20-8-14(18-19-20)16(2,3)4/h8,10-13,17H,6-7,9H2,1-5H3,(H,21,22)/t10?,11?,12-,13+/m1/s1. The maximum atomic E-state index is 11.4. The smallest absolute Gasteiger partial charge is 0.306 e. The van der Waals surface area contributed by atoms with Crippen molar-refractivity contribution in [3.05, 3.63) is 11.9 Å². The number of carboxylic acid groups (broad SMARTS) is 1. The van der Waals surface area contributed by atoms with Gasteiger partial charge >= 0.3 is 5.97 Å². The summed E-state index contributed by atoms with van der Waals surface area (Å²) >= 11 is 0. The highest BCUT2D eigenvalue weighted by atomic mass is 16.5. The number of nitrogens with one attached hydrogen (secondary N) is 1. The lowest BCUT2D eigenvalue weighted by molar-refractivity contribution is -0.141. The number of aromatic nitrogens is 3. The summed E-state index contributed by atoms with van der Waals surface area (Å²) in [6, 6.07) is 0.209. The van der Waals surface area contributed by atoms with E-state index >= 15 is 0 Å². The fourth-order valence-corrected chi connectivity index (χ4v) is 3.13. The number of methoxy groups -OCH3 is 1. The van der Waals surface area contributed by atoms with E-state index in [-0.39, 0.29) is 29.5 Å². The first-order valence-corrected chi connectivity index (χ1v) is 8.12. The van der Waals surface area contributed by atoms with Gasteiger partial charge in [-0.2, -0.15) is 0 Å². The highest BCUT2D eigenvalue weighted by Crippen LogP contribution is 2.35. The number of carbonyl (C=O) groups is 1. The van der Waals surface area contributed by atoms with Gasteiger partial charge in [-0.15, -0.1) is 5.10 Å². The number of hydrogen-bond donors (Lipinski definition) is 2. The summed E-state index contributed by atoms with van der Waals surface area (Å²) in [5.74, 6) is -1.09. The van der Waals surface area contributed by atoms with Crippen LogP contribution in [-0.2, 0) is 14.9 Å². The van der Waals surface area contributed by atoms with Crippen LogP contribution < -0.4 is 5.32 Å². The Morgan fingerprint density at radius 3 is 2.74 bits per heavy atom. The van der Waals surface area contributed by atoms with Gasteiger partial charge < -0.3 is 15.2 Å². The van der Waals surface area contributed by atoms with Gasteiger partial charge in [0.2, 0.25) is 0 Å². The molecule has 0 spiro atoms. The maximum absolute atomic E-state index is 11.4. The molecule has 0 amide bonds. The number of ether oxygens (including phenoxy) is 1. The zero-order valence-corrected chi connectivity index (χ0v) is 14.6. The number of carboxylic acids is 1. The first kappa shape index (κ1) is 17.9. The van der Waals surface area contributed by atoms with E-state index in [1.54, 1.807) is 7.11 Å². The van der Waals surface area contributed by atoms with Crippen LogP contribution in [0.4, 0.5) is 0 Å². The molecule has 1 fully saturated rings. The number of aliphatic carboxylic acids is 1. The summed E-state index contributed by atoms with van der Waals surface area (Å²) < 4.78 is 7.00. The molecule has 1 aliphatic carbocycles. The Morgan fingerprint density at radius 1 is 1.52 bits per heavy atom. The molecule has 4 atom stereocenters. The zero-order chi connectivity index (χ0) is 17.2. The Morgan fingerprint density at radius 2 is 2.22 bits per heavy atom. The molecule has 1 aromatic heterocycles. The third-order valence-electron chi connectivity index (χ3n) is 4.41. The van der Waals surface area contributed by atoms with Crippen molar-refractivity contribution in [1.82, 2.24) is 20.3 Å². The van der Waals surface area contributed by atoms with Gasteiger partial charge in [0.25, 0.3) is 0 Å². The van der Waals surface area contributed by atoms with Gasteiger partial charge in [0, 0.05) is 30.8 Å². The molecule has 0 saturated heterocycles. The van der Waals surface area contributed by atoms with Crippen LogP contribution >= 0.6 is 0 Å². The largest absolute Gasteiger partial charge is 0.481 e. The minimum absolute atomic E-state index is 0.000920. The highest BCUT2D eigenvalue weighted by molar-refractivity contribution is 5.70. The topological polar surface area (TPSA) is 89.3 Å². The normalized spacial score (nSPS) is 26.4. The number of rotatable bonds is 6. The van der Waals surface area contributed by atoms with Crippen LogP contribution in [0, 0.1) is 5.92 Å². The zero-order valence-electron chi connectivity index (χ0n) is 14.6. The van der Waals surface area contributed by atoms with Crippen LogP contribution in [0.5, 0.6) is 0 Å². The summed E-state index contributed by atoms with van der Waals surface area (Å²) in [6.45, 7) is 8.90. The molecule has 0 bridgehead atoms. The van der Waals surface area contributed by atoms with Gasteiger partial charge in [0.05, 0.1) is 24.3 Å². The van der Waals surface area contributed by atoms with Crippen molar-refractivity contribution in [1.29, 1.82) is 0 Å². The van der Waals surface area contributed by atoms with Gasteiger partial charge in [-0.1, -0.05) is 26.0 Å². The summed E-state index contributed by atoms with van der Waals surface area (Å²) in [4.78, 5) is 11.4. The molecule has 2 unspecified atom stereocenters. The van der Waals surface area contributed by atoms with Crippen molar-refractivity contribution >= 4 is 5.97 Å². The molecule has 130 valence electrons. The first-order chi connectivity index (χ1) is 10.7. The minimum atomic E-state index is -0.741. The quantitative estimate of drug-likeness (QED) is 0.826. The summed E-state index contributed by atoms with van der Waals surface area (Å²) in [7, 11) is 1.66. The first-order valence-electron chi connectivity index (χ1n) is 8.12. The molecule has 23 heavy (non-hydrogen) atoms. The Balaban J connectivity index is 2.18. The van der Waals surface area contributed by atoms with Crippen molar-refractivity contribution in [2.75, 3.05) is 13.7 Å². The van der Waals surface area contributed by atoms with Crippen LogP contribution in [0.2, 0.25) is 0 Å². The minimum Gasteiger partial charge on any atom is -0.481 e. The molecule has 0 aromatic carbocycles. The second-order valence-electron chi connectivity index (χ2n) is 7.54. The van der Waals surface area contributed by atoms with Crippen LogP contribution in [0.25, 0.3) is 0 Å². The molecule has 1 aliphatic rings. The molecule has 1 aromatic rings. The van der Waals surface area contributed by atoms with E-state index in [1.807, 2.05) is 17.8 Å². The van der Waals surface area contributed by atoms with Gasteiger partial charge in [0.15, 0.2) is 0 Å². The van der Waals surface area contributed by atoms with Crippen molar-refractivity contribution in [2.45, 2.75) is 64.1 Å². The third-order valence-corrected chi connectivity index (χ3v) is 4.41. The molecule has 2 N–H and O–H groups in total. The van der Waals surface area contributed by atoms with Gasteiger partial charge in [-0.3, -0.25) is 4.79 Å². The van der Waals surface area contributed by atoms with E-state index in [0.717, 1.165) is 5.69 Å². The van der Waals surface area contributed by atoms with Gasteiger partial charge in [0.1, 0.15) is 0 Å². The molecule has 1 heterocycles. The van der Waals surface area contributed by atoms with E-state index in [2.05, 4.69) is 36.4 Å². The number of hydrogen-bond acceptors (Lipinski definition) is 5. The average molecular weight is 324 g/mol. The Labute approximate surface area is 137 Å². The van der Waals surface area contributed by atoms with Crippen LogP contribution in [0.3, 0.4) is 0 Å². The Kier molecular flexibility index (Phi) is 5.41. The Bertz CT molecular complexity index is 538. The van der Waals surface area contributed by atoms with E-state index in [0.29, 0.717) is 19.4 Å². The van der Waals surface area contributed by atoms with E-state index in [4.69, 9.17) is 4.74 Å². The monoisotopic (exact) mass is 324 g/mol. The molecule has 2 rings (SSSR count). The lowest BCUT2D eigenvalue weighted by Gasteiger charge is -2.24. The molecule has 7 nitrogen and oxygen atoms in total. The van der Waals surface area contributed by atoms with E-state index < -0.39 is 5.97 Å². The molecular weight excluding hydrogens is 296 g/mol. The Hall–Kier alpha value is -1.47. The summed E-state index contributed by atoms with van der Waals surface area (Å²) in [6.07, 6.45) is 3.11. The predicted octanol–water partition coefficient (Wildman–Crippen LogP) is 1.60. The lowest BCUT2D eigenvalue weighted by Crippen LogP contribution is -2.42. The predicted molar refractivity (Wildman–Crippen MR) is 86.4 cm³/mol. The molecule has 0 radical (unpaired) electrons. The van der Waals surface area contributed by atoms with Crippen molar-refractivity contribution in [2.24, 2.45) is 5.92 Å². The van der Waals surface area contributed by atoms with E-state index in [9.17, 15) is 9.90 Å². The number of nitrogens with zero attached hydrogens (tertiary/aromatic N) is 3. The van der Waals surface area contributed by atoms with Gasteiger partial charge in [-0.25, -0.2) is 4.68 Å². The SMILES string of the molecule is COCC(C)N[C@@H]1CC(C(=O)O)C[C@@H]1n1cc(C(C)(C)C)nn1. The molecule has 1 saturated carbocycles.